The third kappa shape index (κ3) is 8.82. The molecule has 0 bridgehead atoms. The molecule has 7 nitrogen and oxygen atoms in total. The fourth-order valence-electron chi connectivity index (χ4n) is 5.99. The van der Waals surface area contributed by atoms with Crippen molar-refractivity contribution in [2.75, 3.05) is 52.3 Å². The van der Waals surface area contributed by atoms with E-state index in [9.17, 15) is 4.79 Å². The van der Waals surface area contributed by atoms with Gasteiger partial charge in [-0.3, -0.25) is 4.79 Å². The van der Waals surface area contributed by atoms with E-state index in [0.29, 0.717) is 34.7 Å². The van der Waals surface area contributed by atoms with E-state index in [4.69, 9.17) is 37.1 Å². The molecule has 0 radical (unpaired) electrons. The lowest BCUT2D eigenvalue weighted by Crippen LogP contribution is -2.52. The summed E-state index contributed by atoms with van der Waals surface area (Å²) in [4.78, 5) is 17.9. The van der Waals surface area contributed by atoms with Crippen LogP contribution in [0.3, 0.4) is 0 Å². The Balaban J connectivity index is 1.54. The van der Waals surface area contributed by atoms with Gasteiger partial charge in [-0.1, -0.05) is 44.0 Å². The highest BCUT2D eigenvalue weighted by Crippen LogP contribution is 2.55. The van der Waals surface area contributed by atoms with E-state index >= 15 is 0 Å². The number of amides is 1. The normalized spacial score (nSPS) is 19.7. The summed E-state index contributed by atoms with van der Waals surface area (Å²) in [5, 5.41) is 4.19. The number of nitrogens with zero attached hydrogens (tertiary/aromatic N) is 2. The second-order valence-corrected chi connectivity index (χ2v) is 17.2. The summed E-state index contributed by atoms with van der Waals surface area (Å²) in [6, 6.07) is 8.46. The maximum Gasteiger partial charge on any atom is 0.244 e. The Kier molecular flexibility index (Phi) is 13.1. The van der Waals surface area contributed by atoms with Crippen LogP contribution in [0.15, 0.2) is 18.2 Å². The lowest BCUT2D eigenvalue weighted by atomic mass is 9.90. The molecule has 2 atom stereocenters. The van der Waals surface area contributed by atoms with E-state index in [1.54, 1.807) is 26.4 Å². The molecule has 1 saturated heterocycles. The first kappa shape index (κ1) is 33.6. The van der Waals surface area contributed by atoms with Crippen molar-refractivity contribution in [2.45, 2.75) is 96.4 Å². The van der Waals surface area contributed by atoms with Crippen molar-refractivity contribution in [3.05, 3.63) is 28.2 Å². The fourth-order valence-corrected chi connectivity index (χ4v) is 9.21. The molecule has 1 heterocycles. The van der Waals surface area contributed by atoms with E-state index in [2.05, 4.69) is 31.0 Å². The number of piperidine rings is 1. The number of carbonyl (C=O) groups excluding carboxylic acids is 1. The molecule has 2 fully saturated rings. The lowest BCUT2D eigenvalue weighted by Gasteiger charge is -2.44. The summed E-state index contributed by atoms with van der Waals surface area (Å²) >= 11 is 12.2. The maximum absolute atomic E-state index is 13.5. The highest BCUT2D eigenvalue weighted by atomic mass is 35.5. The number of hydrogen-bond donors (Lipinski definition) is 1. The van der Waals surface area contributed by atoms with Gasteiger partial charge in [0.15, 0.2) is 14.6 Å². The van der Waals surface area contributed by atoms with E-state index in [1.165, 1.54) is 37.4 Å². The van der Waals surface area contributed by atoms with Crippen molar-refractivity contribution in [1.29, 1.82) is 0 Å². The molecule has 1 saturated carbocycles. The van der Waals surface area contributed by atoms with Crippen molar-refractivity contribution in [3.63, 3.8) is 0 Å². The molecule has 10 heteroatoms. The predicted molar refractivity (Wildman–Crippen MR) is 168 cm³/mol. The number of anilines is 1. The van der Waals surface area contributed by atoms with Crippen LogP contribution in [0.5, 0.6) is 0 Å². The standard InChI is InChI=1S/C30H51Cl2N3O4Si/c1-7-40(8-2,9-3)39-27-21-34(19-16-30(27)14-15-30)17-10-11-18-35(22-28(37-5)38-6)29(36)23(4)33-24-12-13-25(31)26(32)20-24/h12-13,20,23,27-28,33H,7-11,14-19,21-22H2,1-6H3. The van der Waals surface area contributed by atoms with E-state index in [1.807, 2.05) is 17.9 Å². The molecule has 1 aromatic carbocycles. The summed E-state index contributed by atoms with van der Waals surface area (Å²) in [5.41, 5.74) is 1.20. The number of rotatable bonds is 17. The number of halogens is 2. The molecule has 1 N–H and O–H groups in total. The third-order valence-corrected chi connectivity index (χ3v) is 14.7. The first-order valence-corrected chi connectivity index (χ1v) is 18.4. The average molecular weight is 617 g/mol. The molecule has 2 unspecified atom stereocenters. The van der Waals surface area contributed by atoms with Crippen LogP contribution in [-0.2, 0) is 18.7 Å². The topological polar surface area (TPSA) is 63.3 Å². The summed E-state index contributed by atoms with van der Waals surface area (Å²) in [7, 11) is 1.57. The number of hydrogen-bond acceptors (Lipinski definition) is 6. The van der Waals surface area contributed by atoms with Gasteiger partial charge < -0.3 is 29.0 Å². The van der Waals surface area contributed by atoms with Gasteiger partial charge in [0.1, 0.15) is 6.04 Å². The van der Waals surface area contributed by atoms with Gasteiger partial charge in [0.05, 0.1) is 22.7 Å². The van der Waals surface area contributed by atoms with Crippen LogP contribution in [-0.4, -0.2) is 89.4 Å². The quantitative estimate of drug-likeness (QED) is 0.117. The zero-order chi connectivity index (χ0) is 29.3. The summed E-state index contributed by atoms with van der Waals surface area (Å²) in [6.07, 6.45) is 5.78. The van der Waals surface area contributed by atoms with Crippen molar-refractivity contribution < 1.29 is 18.7 Å². The monoisotopic (exact) mass is 615 g/mol. The molecule has 1 aromatic rings. The SMILES string of the molecule is CC[Si](CC)(CC)OC1CN(CCCCN(CC(OC)OC)C(=O)C(C)Nc2ccc(Cl)c(Cl)c2)CCC12CC2. The van der Waals surface area contributed by atoms with Crippen LogP contribution < -0.4 is 5.32 Å². The number of methoxy groups -OCH3 is 2. The molecule has 1 amide bonds. The lowest BCUT2D eigenvalue weighted by molar-refractivity contribution is -0.146. The molecule has 1 aliphatic carbocycles. The van der Waals surface area contributed by atoms with Crippen LogP contribution in [0.4, 0.5) is 5.69 Å². The van der Waals surface area contributed by atoms with E-state index in [-0.39, 0.29) is 5.91 Å². The molecule has 2 aliphatic rings. The second kappa shape index (κ2) is 15.6. The highest BCUT2D eigenvalue weighted by molar-refractivity contribution is 6.73. The van der Waals surface area contributed by atoms with Crippen molar-refractivity contribution in [3.8, 4) is 0 Å². The summed E-state index contributed by atoms with van der Waals surface area (Å²) in [6.45, 7) is 13.1. The van der Waals surface area contributed by atoms with Gasteiger partial charge in [-0.15, -0.1) is 0 Å². The Labute approximate surface area is 253 Å². The summed E-state index contributed by atoms with van der Waals surface area (Å²) in [5.74, 6) is -0.00715. The van der Waals surface area contributed by atoms with E-state index < -0.39 is 20.6 Å². The average Bonchev–Trinajstić information content (AvgIpc) is 3.75. The molecule has 228 valence electrons. The highest BCUT2D eigenvalue weighted by Gasteiger charge is 2.54. The Morgan fingerprint density at radius 3 is 2.35 bits per heavy atom. The number of benzene rings is 1. The number of carbonyl (C=O) groups is 1. The van der Waals surface area contributed by atoms with E-state index in [0.717, 1.165) is 38.2 Å². The number of likely N-dealkylation sites (tertiary alicyclic amines) is 1. The smallest absolute Gasteiger partial charge is 0.244 e. The summed E-state index contributed by atoms with van der Waals surface area (Å²) < 4.78 is 17.9. The zero-order valence-electron chi connectivity index (χ0n) is 25.4. The molecular weight excluding hydrogens is 565 g/mol. The maximum atomic E-state index is 13.5. The molecule has 1 spiro atoms. The van der Waals surface area contributed by atoms with Crippen LogP contribution in [0.1, 0.15) is 59.8 Å². The van der Waals surface area contributed by atoms with Crippen LogP contribution >= 0.6 is 23.2 Å². The first-order chi connectivity index (χ1) is 19.1. The Hall–Kier alpha value is -0.873. The van der Waals surface area contributed by atoms with Crippen molar-refractivity contribution in [2.24, 2.45) is 5.41 Å². The van der Waals surface area contributed by atoms with Gasteiger partial charge in [0.2, 0.25) is 5.91 Å². The van der Waals surface area contributed by atoms with Gasteiger partial charge in [0.25, 0.3) is 0 Å². The minimum absolute atomic E-state index is 0.00715. The van der Waals surface area contributed by atoms with Crippen molar-refractivity contribution >= 4 is 43.1 Å². The predicted octanol–water partition coefficient (Wildman–Crippen LogP) is 6.90. The number of unbranched alkanes of at least 4 members (excludes halogenated alkanes) is 1. The second-order valence-electron chi connectivity index (χ2n) is 11.7. The molecule has 40 heavy (non-hydrogen) atoms. The number of ether oxygens (including phenoxy) is 2. The van der Waals surface area contributed by atoms with Gasteiger partial charge in [0, 0.05) is 33.0 Å². The van der Waals surface area contributed by atoms with Gasteiger partial charge in [-0.2, -0.15) is 0 Å². The molecule has 1 aliphatic heterocycles. The van der Waals surface area contributed by atoms with Gasteiger partial charge in [-0.05, 0) is 93.9 Å². The largest absolute Gasteiger partial charge is 0.412 e. The van der Waals surface area contributed by atoms with Gasteiger partial charge in [-0.25, -0.2) is 0 Å². The third-order valence-electron chi connectivity index (χ3n) is 9.28. The molecule has 0 aromatic heterocycles. The Bertz CT molecular complexity index is 935. The zero-order valence-corrected chi connectivity index (χ0v) is 28.0. The Morgan fingerprint density at radius 1 is 1.10 bits per heavy atom. The molecular formula is C30H51Cl2N3O4Si. The van der Waals surface area contributed by atoms with Crippen LogP contribution in [0, 0.1) is 5.41 Å². The fraction of sp³-hybridized carbons (Fsp3) is 0.767. The Morgan fingerprint density at radius 2 is 1.77 bits per heavy atom. The van der Waals surface area contributed by atoms with Crippen LogP contribution in [0.25, 0.3) is 0 Å². The van der Waals surface area contributed by atoms with Gasteiger partial charge >= 0.3 is 0 Å². The minimum atomic E-state index is -1.63. The van der Waals surface area contributed by atoms with Crippen molar-refractivity contribution in [1.82, 2.24) is 9.80 Å². The molecule has 3 rings (SSSR count). The van der Waals surface area contributed by atoms with Crippen LogP contribution in [0.2, 0.25) is 28.2 Å². The minimum Gasteiger partial charge on any atom is -0.412 e. The number of nitrogens with one attached hydrogen (secondary N) is 1. The first-order valence-electron chi connectivity index (χ1n) is 15.1.